The predicted octanol–water partition coefficient (Wildman–Crippen LogP) is 0.635. The summed E-state index contributed by atoms with van der Waals surface area (Å²) in [6.07, 6.45) is 1.52. The number of nitrogens with zero attached hydrogens (tertiary/aromatic N) is 3. The molecule has 5 nitrogen and oxygen atoms in total. The van der Waals surface area contributed by atoms with Crippen LogP contribution in [0.3, 0.4) is 0 Å². The van der Waals surface area contributed by atoms with Gasteiger partial charge in [-0.1, -0.05) is 0 Å². The highest BCUT2D eigenvalue weighted by atomic mass is 127. The minimum absolute atomic E-state index is 0.0544. The summed E-state index contributed by atoms with van der Waals surface area (Å²) in [5.41, 5.74) is -0.161. The Morgan fingerprint density at radius 3 is 2.81 bits per heavy atom. The summed E-state index contributed by atoms with van der Waals surface area (Å²) in [6.45, 7) is 4.29. The number of rotatable bonds is 3. The van der Waals surface area contributed by atoms with E-state index in [0.29, 0.717) is 15.9 Å². The molecule has 1 heterocycles. The smallest absolute Gasteiger partial charge is 0.267 e. The zero-order valence-electron chi connectivity index (χ0n) is 9.53. The van der Waals surface area contributed by atoms with E-state index in [0.717, 1.165) is 0 Å². The van der Waals surface area contributed by atoms with Crippen molar-refractivity contribution in [3.05, 3.63) is 25.9 Å². The number of aryl methyl sites for hydroxylation is 1. The van der Waals surface area contributed by atoms with Crippen LogP contribution in [-0.2, 0) is 11.3 Å². The fourth-order valence-electron chi connectivity index (χ4n) is 1.17. The van der Waals surface area contributed by atoms with E-state index < -0.39 is 0 Å². The fraction of sp³-hybridized carbons (Fsp3) is 0.500. The Kier molecular flexibility index (Phi) is 4.45. The molecule has 0 aliphatic heterocycles. The Labute approximate surface area is 108 Å². The van der Waals surface area contributed by atoms with Crippen LogP contribution in [0.4, 0.5) is 0 Å². The van der Waals surface area contributed by atoms with Crippen LogP contribution < -0.4 is 5.56 Å². The Balaban J connectivity index is 3.02. The standard InChI is InChI=1S/C10H14IN3O2/c1-4-13(3)9(15)6-14-7(2)12-5-8(11)10(14)16/h5H,4,6H2,1-3H3. The van der Waals surface area contributed by atoms with Crippen LogP contribution in [0.2, 0.25) is 0 Å². The van der Waals surface area contributed by atoms with E-state index in [1.54, 1.807) is 18.9 Å². The maximum Gasteiger partial charge on any atom is 0.267 e. The Morgan fingerprint density at radius 2 is 2.25 bits per heavy atom. The van der Waals surface area contributed by atoms with Crippen LogP contribution in [-0.4, -0.2) is 34.0 Å². The van der Waals surface area contributed by atoms with Gasteiger partial charge in [0.1, 0.15) is 12.4 Å². The summed E-state index contributed by atoms with van der Waals surface area (Å²) in [4.78, 5) is 29.1. The van der Waals surface area contributed by atoms with Gasteiger partial charge in [0.05, 0.1) is 3.57 Å². The van der Waals surface area contributed by atoms with Crippen LogP contribution in [0.5, 0.6) is 0 Å². The first-order valence-electron chi connectivity index (χ1n) is 4.93. The summed E-state index contributed by atoms with van der Waals surface area (Å²) in [7, 11) is 1.71. The molecule has 0 spiro atoms. The average Bonchev–Trinajstić information content (AvgIpc) is 2.28. The molecular formula is C10H14IN3O2. The molecule has 0 bridgehead atoms. The van der Waals surface area contributed by atoms with Crippen LogP contribution in [0, 0.1) is 10.5 Å². The van der Waals surface area contributed by atoms with Gasteiger partial charge >= 0.3 is 0 Å². The van der Waals surface area contributed by atoms with Gasteiger partial charge in [0.15, 0.2) is 0 Å². The maximum atomic E-state index is 11.8. The zero-order chi connectivity index (χ0) is 12.3. The second-order valence-electron chi connectivity index (χ2n) is 3.45. The monoisotopic (exact) mass is 335 g/mol. The second kappa shape index (κ2) is 5.42. The van der Waals surface area contributed by atoms with Crippen molar-refractivity contribution in [1.29, 1.82) is 0 Å². The van der Waals surface area contributed by atoms with E-state index in [1.165, 1.54) is 10.8 Å². The minimum atomic E-state index is -0.161. The number of halogens is 1. The molecule has 0 atom stereocenters. The van der Waals surface area contributed by atoms with Crippen molar-refractivity contribution in [2.24, 2.45) is 0 Å². The molecule has 0 fully saturated rings. The van der Waals surface area contributed by atoms with E-state index in [2.05, 4.69) is 4.98 Å². The van der Waals surface area contributed by atoms with Crippen molar-refractivity contribution < 1.29 is 4.79 Å². The molecule has 1 rings (SSSR count). The van der Waals surface area contributed by atoms with Crippen molar-refractivity contribution in [3.63, 3.8) is 0 Å². The van der Waals surface area contributed by atoms with Gasteiger partial charge in [-0.25, -0.2) is 4.98 Å². The second-order valence-corrected chi connectivity index (χ2v) is 4.61. The number of carbonyl (C=O) groups excluding carboxylic acids is 1. The van der Waals surface area contributed by atoms with Crippen LogP contribution >= 0.6 is 22.6 Å². The molecule has 0 unspecified atom stereocenters. The van der Waals surface area contributed by atoms with Gasteiger partial charge in [0.2, 0.25) is 5.91 Å². The van der Waals surface area contributed by atoms with Crippen molar-refractivity contribution in [2.75, 3.05) is 13.6 Å². The molecule has 16 heavy (non-hydrogen) atoms. The summed E-state index contributed by atoms with van der Waals surface area (Å²) in [6, 6.07) is 0. The van der Waals surface area contributed by atoms with Crippen LogP contribution in [0.25, 0.3) is 0 Å². The molecule has 0 radical (unpaired) electrons. The molecule has 0 saturated carbocycles. The Morgan fingerprint density at radius 1 is 1.62 bits per heavy atom. The van der Waals surface area contributed by atoms with Crippen molar-refractivity contribution in [3.8, 4) is 0 Å². The molecule has 0 aliphatic rings. The SMILES string of the molecule is CCN(C)C(=O)Cn1c(C)ncc(I)c1=O. The first kappa shape index (κ1) is 13.1. The molecule has 0 aliphatic carbocycles. The number of aromatic nitrogens is 2. The highest BCUT2D eigenvalue weighted by Crippen LogP contribution is 1.98. The number of carbonyl (C=O) groups is 1. The highest BCUT2D eigenvalue weighted by molar-refractivity contribution is 14.1. The van der Waals surface area contributed by atoms with Crippen molar-refractivity contribution in [1.82, 2.24) is 14.5 Å². The first-order chi connectivity index (χ1) is 7.47. The van der Waals surface area contributed by atoms with Gasteiger partial charge in [0, 0.05) is 19.8 Å². The fourth-order valence-corrected chi connectivity index (χ4v) is 1.60. The van der Waals surface area contributed by atoms with E-state index in [9.17, 15) is 9.59 Å². The predicted molar refractivity (Wildman–Crippen MR) is 69.3 cm³/mol. The molecule has 0 N–H and O–H groups in total. The van der Waals surface area contributed by atoms with E-state index in [4.69, 9.17) is 0 Å². The molecule has 0 aromatic carbocycles. The van der Waals surface area contributed by atoms with Gasteiger partial charge in [-0.15, -0.1) is 0 Å². The molecule has 1 aromatic rings. The quantitative estimate of drug-likeness (QED) is 0.762. The summed E-state index contributed by atoms with van der Waals surface area (Å²) in [5, 5.41) is 0. The molecular weight excluding hydrogens is 321 g/mol. The third kappa shape index (κ3) is 2.81. The molecule has 1 aromatic heterocycles. The third-order valence-corrected chi connectivity index (χ3v) is 3.14. The molecule has 6 heteroatoms. The van der Waals surface area contributed by atoms with Crippen LogP contribution in [0.1, 0.15) is 12.7 Å². The number of hydrogen-bond acceptors (Lipinski definition) is 3. The van der Waals surface area contributed by atoms with E-state index >= 15 is 0 Å². The molecule has 0 saturated heterocycles. The normalized spacial score (nSPS) is 10.2. The highest BCUT2D eigenvalue weighted by Gasteiger charge is 2.12. The summed E-state index contributed by atoms with van der Waals surface area (Å²) < 4.78 is 1.92. The van der Waals surface area contributed by atoms with E-state index in [-0.39, 0.29) is 18.0 Å². The average molecular weight is 335 g/mol. The molecule has 1 amide bonds. The lowest BCUT2D eigenvalue weighted by Crippen LogP contribution is -2.35. The largest absolute Gasteiger partial charge is 0.344 e. The lowest BCUT2D eigenvalue weighted by atomic mass is 10.4. The van der Waals surface area contributed by atoms with Gasteiger partial charge < -0.3 is 4.90 Å². The maximum absolute atomic E-state index is 11.8. The lowest BCUT2D eigenvalue weighted by Gasteiger charge is -2.16. The molecule has 88 valence electrons. The number of amides is 1. The van der Waals surface area contributed by atoms with Crippen molar-refractivity contribution in [2.45, 2.75) is 20.4 Å². The first-order valence-corrected chi connectivity index (χ1v) is 6.01. The lowest BCUT2D eigenvalue weighted by molar-refractivity contribution is -0.130. The van der Waals surface area contributed by atoms with Crippen molar-refractivity contribution >= 4 is 28.5 Å². The Hall–Kier alpha value is -0.920. The van der Waals surface area contributed by atoms with Gasteiger partial charge in [-0.2, -0.15) is 0 Å². The number of hydrogen-bond donors (Lipinski definition) is 0. The zero-order valence-corrected chi connectivity index (χ0v) is 11.7. The third-order valence-electron chi connectivity index (χ3n) is 2.40. The summed E-state index contributed by atoms with van der Waals surface area (Å²) in [5.74, 6) is 0.472. The summed E-state index contributed by atoms with van der Waals surface area (Å²) >= 11 is 1.92. The van der Waals surface area contributed by atoms with Gasteiger partial charge in [-0.3, -0.25) is 14.2 Å². The number of likely N-dealkylation sites (N-methyl/N-ethyl adjacent to an activating group) is 1. The topological polar surface area (TPSA) is 55.2 Å². The van der Waals surface area contributed by atoms with Gasteiger partial charge in [-0.05, 0) is 36.4 Å². The Bertz CT molecular complexity index is 456. The van der Waals surface area contributed by atoms with Crippen LogP contribution in [0.15, 0.2) is 11.0 Å². The minimum Gasteiger partial charge on any atom is -0.344 e. The van der Waals surface area contributed by atoms with Gasteiger partial charge in [0.25, 0.3) is 5.56 Å². The van der Waals surface area contributed by atoms with E-state index in [1.807, 2.05) is 29.5 Å².